The van der Waals surface area contributed by atoms with E-state index >= 15 is 0 Å². The van der Waals surface area contributed by atoms with Gasteiger partial charge in [-0.2, -0.15) is 13.2 Å². The van der Waals surface area contributed by atoms with Gasteiger partial charge in [0.25, 0.3) is 5.91 Å². The molecular weight excluding hydrogens is 309 g/mol. The molecule has 0 bridgehead atoms. The van der Waals surface area contributed by atoms with E-state index in [4.69, 9.17) is 4.42 Å². The van der Waals surface area contributed by atoms with Gasteiger partial charge >= 0.3 is 6.18 Å². The van der Waals surface area contributed by atoms with Gasteiger partial charge in [0.1, 0.15) is 0 Å². The molecule has 2 aromatic rings. The molecule has 1 atom stereocenters. The highest BCUT2D eigenvalue weighted by molar-refractivity contribution is 5.94. The number of halogens is 3. The molecule has 1 amide bonds. The summed E-state index contributed by atoms with van der Waals surface area (Å²) in [5.41, 5.74) is -0.863. The van der Waals surface area contributed by atoms with Crippen molar-refractivity contribution in [3.05, 3.63) is 59.5 Å². The summed E-state index contributed by atoms with van der Waals surface area (Å²) in [6.07, 6.45) is -2.93. The van der Waals surface area contributed by atoms with Crippen LogP contribution < -0.4 is 10.2 Å². The Hall–Kier alpha value is -2.28. The molecule has 2 rings (SSSR count). The Morgan fingerprint density at radius 1 is 1.26 bits per heavy atom. The van der Waals surface area contributed by atoms with Gasteiger partial charge in [-0.3, -0.25) is 4.79 Å². The number of amides is 1. The summed E-state index contributed by atoms with van der Waals surface area (Å²) in [6.45, 7) is 0.255. The van der Waals surface area contributed by atoms with Gasteiger partial charge < -0.3 is 14.6 Å². The molecule has 0 fully saturated rings. The third kappa shape index (κ3) is 4.35. The summed E-state index contributed by atoms with van der Waals surface area (Å²) in [4.78, 5) is 13.1. The van der Waals surface area contributed by atoms with E-state index in [2.05, 4.69) is 5.32 Å². The Balaban J connectivity index is 2.07. The lowest BCUT2D eigenvalue weighted by Crippen LogP contribution is -3.07. The topological polar surface area (TPSA) is 46.7 Å². The van der Waals surface area contributed by atoms with Gasteiger partial charge in [0.05, 0.1) is 32.5 Å². The summed E-state index contributed by atoms with van der Waals surface area (Å²) in [5, 5.41) is 2.66. The van der Waals surface area contributed by atoms with Crippen molar-refractivity contribution in [3.63, 3.8) is 0 Å². The van der Waals surface area contributed by atoms with E-state index in [-0.39, 0.29) is 18.2 Å². The van der Waals surface area contributed by atoms with E-state index in [1.165, 1.54) is 12.1 Å². The molecule has 23 heavy (non-hydrogen) atoms. The van der Waals surface area contributed by atoms with Gasteiger partial charge in [0, 0.05) is 5.56 Å². The Bertz CT molecular complexity index is 652. The highest BCUT2D eigenvalue weighted by Gasteiger charge is 2.31. The van der Waals surface area contributed by atoms with Crippen molar-refractivity contribution in [2.75, 3.05) is 20.6 Å². The van der Waals surface area contributed by atoms with Crippen LogP contribution in [0.1, 0.15) is 27.7 Å². The second-order valence-corrected chi connectivity index (χ2v) is 5.43. The molecule has 124 valence electrons. The number of carbonyl (C=O) groups excluding carboxylic acids is 1. The molecule has 0 radical (unpaired) electrons. The number of rotatable bonds is 5. The normalized spacial score (nSPS) is 13.1. The number of quaternary nitrogens is 1. The SMILES string of the molecule is C[NH+](C)[C@@H](CNC(=O)c1cccc(C(F)(F)F)c1)c1ccco1. The van der Waals surface area contributed by atoms with Crippen molar-refractivity contribution >= 4 is 5.91 Å². The summed E-state index contributed by atoms with van der Waals surface area (Å²) >= 11 is 0. The molecule has 0 aliphatic heterocycles. The molecular formula is C16H18F3N2O2+. The zero-order chi connectivity index (χ0) is 17.0. The third-order valence-corrected chi connectivity index (χ3v) is 3.50. The number of alkyl halides is 3. The van der Waals surface area contributed by atoms with E-state index in [0.29, 0.717) is 5.76 Å². The van der Waals surface area contributed by atoms with Crippen molar-refractivity contribution in [2.45, 2.75) is 12.2 Å². The number of likely N-dealkylation sites (N-methyl/N-ethyl adjacent to an activating group) is 1. The van der Waals surface area contributed by atoms with Crippen molar-refractivity contribution in [1.82, 2.24) is 5.32 Å². The summed E-state index contributed by atoms with van der Waals surface area (Å²) < 4.78 is 43.4. The first-order valence-electron chi connectivity index (χ1n) is 7.08. The number of benzene rings is 1. The van der Waals surface area contributed by atoms with Crippen LogP contribution in [0.4, 0.5) is 13.2 Å². The van der Waals surface area contributed by atoms with E-state index in [0.717, 1.165) is 17.0 Å². The van der Waals surface area contributed by atoms with Crippen LogP contribution in [0.25, 0.3) is 0 Å². The van der Waals surface area contributed by atoms with Crippen molar-refractivity contribution in [2.24, 2.45) is 0 Å². The van der Waals surface area contributed by atoms with Crippen LogP contribution in [0.15, 0.2) is 47.1 Å². The van der Waals surface area contributed by atoms with Crippen LogP contribution in [0.3, 0.4) is 0 Å². The molecule has 0 saturated heterocycles. The second kappa shape index (κ2) is 6.87. The minimum atomic E-state index is -4.47. The molecule has 7 heteroatoms. The summed E-state index contributed by atoms with van der Waals surface area (Å²) in [7, 11) is 3.81. The Kier molecular flexibility index (Phi) is 5.10. The van der Waals surface area contributed by atoms with Gasteiger partial charge in [-0.15, -0.1) is 0 Å². The highest BCUT2D eigenvalue weighted by Crippen LogP contribution is 2.29. The Labute approximate surface area is 131 Å². The Morgan fingerprint density at radius 2 is 2.00 bits per heavy atom. The summed E-state index contributed by atoms with van der Waals surface area (Å²) in [6, 6.07) is 7.79. The molecule has 1 aromatic heterocycles. The largest absolute Gasteiger partial charge is 0.463 e. The second-order valence-electron chi connectivity index (χ2n) is 5.43. The standard InChI is InChI=1S/C16H17F3N2O2/c1-21(2)13(14-7-4-8-23-14)10-20-15(22)11-5-3-6-12(9-11)16(17,18)19/h3-9,13H,10H2,1-2H3,(H,20,22)/p+1/t13-/m0/s1. The first-order chi connectivity index (χ1) is 10.8. The predicted molar refractivity (Wildman–Crippen MR) is 78.0 cm³/mol. The number of furan rings is 1. The maximum atomic E-state index is 12.7. The predicted octanol–water partition coefficient (Wildman–Crippen LogP) is 1.91. The Morgan fingerprint density at radius 3 is 2.57 bits per heavy atom. The number of hydrogen-bond acceptors (Lipinski definition) is 2. The lowest BCUT2D eigenvalue weighted by molar-refractivity contribution is -0.891. The van der Waals surface area contributed by atoms with E-state index in [1.54, 1.807) is 18.4 Å². The fourth-order valence-corrected chi connectivity index (χ4v) is 2.21. The maximum absolute atomic E-state index is 12.7. The van der Waals surface area contributed by atoms with Crippen LogP contribution in [0.2, 0.25) is 0 Å². The smallest absolute Gasteiger partial charge is 0.416 e. The van der Waals surface area contributed by atoms with Crippen LogP contribution >= 0.6 is 0 Å². The summed E-state index contributed by atoms with van der Waals surface area (Å²) in [5.74, 6) is 0.156. The fraction of sp³-hybridized carbons (Fsp3) is 0.312. The van der Waals surface area contributed by atoms with Crippen LogP contribution in [0, 0.1) is 0 Å². The molecule has 1 heterocycles. The van der Waals surface area contributed by atoms with E-state index in [9.17, 15) is 18.0 Å². The third-order valence-electron chi connectivity index (χ3n) is 3.50. The minimum Gasteiger partial charge on any atom is -0.463 e. The average molecular weight is 327 g/mol. The number of carbonyl (C=O) groups is 1. The monoisotopic (exact) mass is 327 g/mol. The molecule has 0 spiro atoms. The maximum Gasteiger partial charge on any atom is 0.416 e. The molecule has 0 aliphatic carbocycles. The lowest BCUT2D eigenvalue weighted by atomic mass is 10.1. The van der Waals surface area contributed by atoms with Gasteiger partial charge in [0.2, 0.25) is 0 Å². The van der Waals surface area contributed by atoms with Crippen molar-refractivity contribution in [3.8, 4) is 0 Å². The molecule has 0 unspecified atom stereocenters. The molecule has 1 aromatic carbocycles. The van der Waals surface area contributed by atoms with Gasteiger partial charge in [0.15, 0.2) is 11.8 Å². The highest BCUT2D eigenvalue weighted by atomic mass is 19.4. The van der Waals surface area contributed by atoms with Crippen molar-refractivity contribution < 1.29 is 27.3 Å². The number of hydrogen-bond donors (Lipinski definition) is 2. The zero-order valence-corrected chi connectivity index (χ0v) is 12.8. The molecule has 4 nitrogen and oxygen atoms in total. The van der Waals surface area contributed by atoms with Crippen LogP contribution in [-0.4, -0.2) is 26.5 Å². The van der Waals surface area contributed by atoms with Crippen LogP contribution in [-0.2, 0) is 6.18 Å². The first kappa shape index (κ1) is 17.1. The number of nitrogens with one attached hydrogen (secondary N) is 2. The lowest BCUT2D eigenvalue weighted by Gasteiger charge is -2.20. The van der Waals surface area contributed by atoms with Crippen molar-refractivity contribution in [1.29, 1.82) is 0 Å². The van der Waals surface area contributed by atoms with Gasteiger partial charge in [-0.05, 0) is 30.3 Å². The molecule has 0 saturated carbocycles. The average Bonchev–Trinajstić information content (AvgIpc) is 3.00. The van der Waals surface area contributed by atoms with Gasteiger partial charge in [-0.25, -0.2) is 0 Å². The van der Waals surface area contributed by atoms with Gasteiger partial charge in [-0.1, -0.05) is 6.07 Å². The first-order valence-corrected chi connectivity index (χ1v) is 7.08. The zero-order valence-electron chi connectivity index (χ0n) is 12.8. The fourth-order valence-electron chi connectivity index (χ4n) is 2.21. The van der Waals surface area contributed by atoms with E-state index in [1.807, 2.05) is 14.1 Å². The molecule has 0 aliphatic rings. The molecule has 2 N–H and O–H groups in total. The van der Waals surface area contributed by atoms with E-state index < -0.39 is 17.6 Å². The quantitative estimate of drug-likeness (QED) is 0.881. The van der Waals surface area contributed by atoms with Crippen LogP contribution in [0.5, 0.6) is 0 Å². The minimum absolute atomic E-state index is 0.0215.